The van der Waals surface area contributed by atoms with Crippen LogP contribution in [-0.4, -0.2) is 67.4 Å². The molecule has 39 heavy (non-hydrogen) atoms. The molecule has 1 heterocycles. The van der Waals surface area contributed by atoms with Crippen LogP contribution in [0.15, 0.2) is 12.2 Å². The lowest BCUT2D eigenvalue weighted by atomic mass is 9.58. The maximum absolute atomic E-state index is 14.1. The van der Waals surface area contributed by atoms with E-state index in [2.05, 4.69) is 65.5 Å². The van der Waals surface area contributed by atoms with Gasteiger partial charge in [-0.2, -0.15) is 0 Å². The molecule has 4 unspecified atom stereocenters. The molecule has 0 aromatic carbocycles. The summed E-state index contributed by atoms with van der Waals surface area (Å²) >= 11 is 0. The van der Waals surface area contributed by atoms with Gasteiger partial charge in [0.05, 0.1) is 36.3 Å². The fourth-order valence-corrected chi connectivity index (χ4v) is 13.4. The van der Waals surface area contributed by atoms with Gasteiger partial charge in [-0.1, -0.05) is 6.58 Å². The second kappa shape index (κ2) is 8.63. The lowest BCUT2D eigenvalue weighted by Gasteiger charge is -2.52. The number of methoxy groups -OCH3 is 1. The van der Waals surface area contributed by atoms with Crippen molar-refractivity contribution < 1.29 is 32.3 Å². The van der Waals surface area contributed by atoms with Crippen molar-refractivity contribution in [1.82, 2.24) is 0 Å². The molecule has 5 fully saturated rings. The average Bonchev–Trinajstić information content (AvgIpc) is 3.17. The predicted octanol–water partition coefficient (Wildman–Crippen LogP) is 5.89. The Morgan fingerprint density at radius 2 is 1.62 bits per heavy atom. The molecule has 4 saturated carbocycles. The van der Waals surface area contributed by atoms with Gasteiger partial charge in [0, 0.05) is 18.3 Å². The van der Waals surface area contributed by atoms with Crippen LogP contribution < -0.4 is 0 Å². The van der Waals surface area contributed by atoms with E-state index >= 15 is 0 Å². The highest BCUT2D eigenvalue weighted by Crippen LogP contribution is 2.79. The smallest absolute Gasteiger partial charge is 0.315 e. The summed E-state index contributed by atoms with van der Waals surface area (Å²) < 4.78 is 32.9. The standard InChI is InChI=1S/C29H50O7Si3/c1-18-15-27-17-28(18,36-39(10,11)12)14-13-20(27)29-16-19(34-37(4,5)6)23(35-38(7,8)9)26(2,25(31)33-29)22(29)21(27)24(30)32-3/h19-23H,1,13-17H2,2-12H3/t19-,20?,21?,22?,23-,26?,27-,28-,29+/m0/s1. The molecule has 220 valence electrons. The summed E-state index contributed by atoms with van der Waals surface area (Å²) in [5, 5.41) is 0. The van der Waals surface area contributed by atoms with Crippen molar-refractivity contribution in [2.24, 2.45) is 28.6 Å². The van der Waals surface area contributed by atoms with E-state index in [4.69, 9.17) is 22.8 Å². The molecule has 1 saturated heterocycles. The number of hydrogen-bond donors (Lipinski definition) is 0. The highest BCUT2D eigenvalue weighted by Gasteiger charge is 2.86. The third-order valence-electron chi connectivity index (χ3n) is 10.2. The van der Waals surface area contributed by atoms with E-state index in [1.807, 2.05) is 6.92 Å². The molecule has 9 atom stereocenters. The molecule has 5 aliphatic rings. The van der Waals surface area contributed by atoms with Crippen LogP contribution in [0.2, 0.25) is 58.9 Å². The van der Waals surface area contributed by atoms with Crippen molar-refractivity contribution in [2.75, 3.05) is 7.11 Å². The van der Waals surface area contributed by atoms with E-state index in [0.29, 0.717) is 12.8 Å². The Bertz CT molecular complexity index is 1090. The van der Waals surface area contributed by atoms with Gasteiger partial charge in [-0.05, 0) is 103 Å². The first-order chi connectivity index (χ1) is 17.6. The minimum absolute atomic E-state index is 0.0167. The molecule has 7 nitrogen and oxygen atoms in total. The fourth-order valence-electron chi connectivity index (χ4n) is 9.64. The van der Waals surface area contributed by atoms with E-state index in [0.717, 1.165) is 24.8 Å². The highest BCUT2D eigenvalue weighted by molar-refractivity contribution is 6.70. The molecule has 5 rings (SSSR count). The number of hydrogen-bond acceptors (Lipinski definition) is 7. The van der Waals surface area contributed by atoms with Gasteiger partial charge in [0.2, 0.25) is 0 Å². The number of fused-ring (bicyclic) bond motifs is 1. The van der Waals surface area contributed by atoms with E-state index in [9.17, 15) is 9.59 Å². The fraction of sp³-hybridized carbons (Fsp3) is 0.862. The van der Waals surface area contributed by atoms with Crippen molar-refractivity contribution in [3.8, 4) is 0 Å². The maximum Gasteiger partial charge on any atom is 0.315 e. The van der Waals surface area contributed by atoms with Gasteiger partial charge in [-0.25, -0.2) is 0 Å². The van der Waals surface area contributed by atoms with Crippen LogP contribution in [0.5, 0.6) is 0 Å². The topological polar surface area (TPSA) is 80.3 Å². The largest absolute Gasteiger partial charge is 0.469 e. The molecule has 0 amide bonds. The molecule has 4 aliphatic carbocycles. The molecule has 0 radical (unpaired) electrons. The zero-order valence-electron chi connectivity index (χ0n) is 26.0. The summed E-state index contributed by atoms with van der Waals surface area (Å²) in [4.78, 5) is 28.1. The first-order valence-corrected chi connectivity index (χ1v) is 24.9. The quantitative estimate of drug-likeness (QED) is 0.207. The molecule has 1 spiro atoms. The first-order valence-electron chi connectivity index (χ1n) is 14.7. The van der Waals surface area contributed by atoms with Gasteiger partial charge >= 0.3 is 11.9 Å². The Balaban J connectivity index is 1.70. The van der Waals surface area contributed by atoms with Gasteiger partial charge in [-0.15, -0.1) is 0 Å². The summed E-state index contributed by atoms with van der Waals surface area (Å²) in [5.41, 5.74) is -1.56. The minimum atomic E-state index is -2.11. The lowest BCUT2D eigenvalue weighted by Crippen LogP contribution is -2.63. The predicted molar refractivity (Wildman–Crippen MR) is 158 cm³/mol. The van der Waals surface area contributed by atoms with Crippen LogP contribution in [0.1, 0.15) is 39.0 Å². The SMILES string of the molecule is C=C1C[C@]23C[C@@]1(O[Si](C)(C)C)CCC2[C@@]12C[C@H](O[Si](C)(C)C)[C@H](O[Si](C)(C)C)C(C)(C(=O)O1)C2C3C(=O)OC. The monoisotopic (exact) mass is 594 g/mol. The van der Waals surface area contributed by atoms with Crippen molar-refractivity contribution in [2.45, 2.75) is 121 Å². The summed E-state index contributed by atoms with van der Waals surface area (Å²) in [6.45, 7) is 26.2. The second-order valence-electron chi connectivity index (χ2n) is 16.2. The molecule has 0 N–H and O–H groups in total. The van der Waals surface area contributed by atoms with Gasteiger partial charge in [0.25, 0.3) is 0 Å². The highest BCUT2D eigenvalue weighted by atomic mass is 28.4. The van der Waals surface area contributed by atoms with Crippen LogP contribution in [-0.2, 0) is 32.3 Å². The van der Waals surface area contributed by atoms with Crippen LogP contribution in [0.4, 0.5) is 0 Å². The zero-order valence-corrected chi connectivity index (χ0v) is 29.0. The average molecular weight is 595 g/mol. The van der Waals surface area contributed by atoms with E-state index in [1.54, 1.807) is 0 Å². The van der Waals surface area contributed by atoms with Crippen LogP contribution in [0, 0.1) is 28.6 Å². The Morgan fingerprint density at radius 3 is 2.15 bits per heavy atom. The van der Waals surface area contributed by atoms with Gasteiger partial charge in [0.1, 0.15) is 5.60 Å². The number of carbonyl (C=O) groups is 2. The molecular weight excluding hydrogens is 545 g/mol. The summed E-state index contributed by atoms with van der Waals surface area (Å²) in [5.74, 6) is -1.30. The lowest BCUT2D eigenvalue weighted by molar-refractivity contribution is -0.165. The van der Waals surface area contributed by atoms with Crippen molar-refractivity contribution >= 4 is 36.9 Å². The van der Waals surface area contributed by atoms with Crippen molar-refractivity contribution in [3.05, 3.63) is 12.2 Å². The van der Waals surface area contributed by atoms with Gasteiger partial charge in [0.15, 0.2) is 25.0 Å². The Kier molecular flexibility index (Phi) is 6.57. The van der Waals surface area contributed by atoms with Gasteiger partial charge < -0.3 is 22.8 Å². The third-order valence-corrected chi connectivity index (χ3v) is 13.1. The molecule has 10 heteroatoms. The van der Waals surface area contributed by atoms with Crippen molar-refractivity contribution in [1.29, 1.82) is 0 Å². The Morgan fingerprint density at radius 1 is 1.00 bits per heavy atom. The molecule has 4 bridgehead atoms. The summed E-state index contributed by atoms with van der Waals surface area (Å²) in [7, 11) is -4.55. The normalized spacial score (nSPS) is 45.2. The van der Waals surface area contributed by atoms with Crippen LogP contribution >= 0.6 is 0 Å². The molecule has 1 aliphatic heterocycles. The van der Waals surface area contributed by atoms with Gasteiger partial charge in [-0.3, -0.25) is 9.59 Å². The van der Waals surface area contributed by atoms with Crippen LogP contribution in [0.3, 0.4) is 0 Å². The zero-order chi connectivity index (χ0) is 29.2. The molecular formula is C29H50O7Si3. The second-order valence-corrected chi connectivity index (χ2v) is 29.6. The van der Waals surface area contributed by atoms with E-state index in [-0.39, 0.29) is 29.9 Å². The number of ether oxygens (including phenoxy) is 2. The first kappa shape index (κ1) is 29.7. The number of rotatable bonds is 7. The summed E-state index contributed by atoms with van der Waals surface area (Å²) in [6.07, 6.45) is 2.93. The van der Waals surface area contributed by atoms with Crippen LogP contribution in [0.25, 0.3) is 0 Å². The molecule has 0 aromatic heterocycles. The summed E-state index contributed by atoms with van der Waals surface area (Å²) in [6, 6.07) is 0. The Labute approximate surface area is 238 Å². The maximum atomic E-state index is 14.1. The van der Waals surface area contributed by atoms with E-state index in [1.165, 1.54) is 7.11 Å². The number of carbonyl (C=O) groups excluding carboxylic acids is 2. The van der Waals surface area contributed by atoms with Crippen molar-refractivity contribution in [3.63, 3.8) is 0 Å². The minimum Gasteiger partial charge on any atom is -0.469 e. The number of esters is 2. The molecule has 0 aromatic rings. The van der Waals surface area contributed by atoms with E-state index < -0.39 is 59.0 Å². The third kappa shape index (κ3) is 4.25. The Hall–Kier alpha value is -0.789.